The van der Waals surface area contributed by atoms with E-state index in [9.17, 15) is 4.79 Å². The number of aryl methyl sites for hydroxylation is 2. The van der Waals surface area contributed by atoms with Gasteiger partial charge in [0.1, 0.15) is 5.82 Å². The van der Waals surface area contributed by atoms with Crippen LogP contribution in [0.2, 0.25) is 0 Å². The Hall–Kier alpha value is -2.44. The van der Waals surface area contributed by atoms with Crippen molar-refractivity contribution in [3.63, 3.8) is 0 Å². The molecule has 3 heterocycles. The van der Waals surface area contributed by atoms with Crippen LogP contribution in [0.5, 0.6) is 0 Å². The number of amides is 1. The predicted octanol–water partition coefficient (Wildman–Crippen LogP) is 1.21. The minimum atomic E-state index is 0.216. The maximum atomic E-state index is 12.5. The lowest BCUT2D eigenvalue weighted by Crippen LogP contribution is -2.40. The van der Waals surface area contributed by atoms with Gasteiger partial charge >= 0.3 is 0 Å². The maximum absolute atomic E-state index is 12.5. The molecule has 3 rings (SSSR count). The Bertz CT molecular complexity index is 698. The van der Waals surface area contributed by atoms with E-state index in [0.29, 0.717) is 18.2 Å². The van der Waals surface area contributed by atoms with E-state index in [1.54, 1.807) is 18.6 Å². The van der Waals surface area contributed by atoms with Gasteiger partial charge < -0.3 is 10.6 Å². The number of piperidine rings is 1. The quantitative estimate of drug-likeness (QED) is 0.891. The van der Waals surface area contributed by atoms with Crippen molar-refractivity contribution in [1.82, 2.24) is 24.6 Å². The molecule has 128 valence electrons. The number of hydrogen-bond donors (Lipinski definition) is 1. The van der Waals surface area contributed by atoms with E-state index in [-0.39, 0.29) is 5.91 Å². The molecule has 24 heavy (non-hydrogen) atoms. The van der Waals surface area contributed by atoms with Gasteiger partial charge in [-0.05, 0) is 37.7 Å². The van der Waals surface area contributed by atoms with Crippen molar-refractivity contribution in [2.45, 2.75) is 32.1 Å². The zero-order valence-corrected chi connectivity index (χ0v) is 14.1. The normalized spacial score (nSPS) is 17.9. The SMILES string of the molecule is Cn1nccc1CCC(=O)N1CCC[C@H](Cc2nccnc2N)C1. The van der Waals surface area contributed by atoms with Crippen LogP contribution in [0.1, 0.15) is 30.7 Å². The topological polar surface area (TPSA) is 89.9 Å². The van der Waals surface area contributed by atoms with Crippen LogP contribution in [-0.2, 0) is 24.7 Å². The van der Waals surface area contributed by atoms with Gasteiger partial charge in [0.25, 0.3) is 0 Å². The van der Waals surface area contributed by atoms with Crippen molar-refractivity contribution < 1.29 is 4.79 Å². The van der Waals surface area contributed by atoms with Crippen LogP contribution in [0.4, 0.5) is 5.82 Å². The highest BCUT2D eigenvalue weighted by molar-refractivity contribution is 5.76. The lowest BCUT2D eigenvalue weighted by atomic mass is 9.93. The second-order valence-electron chi connectivity index (χ2n) is 6.39. The van der Waals surface area contributed by atoms with Crippen molar-refractivity contribution in [3.05, 3.63) is 36.0 Å². The molecular formula is C17H24N6O. The first-order valence-electron chi connectivity index (χ1n) is 8.43. The number of carbonyl (C=O) groups is 1. The zero-order chi connectivity index (χ0) is 16.9. The molecule has 2 aromatic heterocycles. The number of rotatable bonds is 5. The van der Waals surface area contributed by atoms with Crippen LogP contribution >= 0.6 is 0 Å². The summed E-state index contributed by atoms with van der Waals surface area (Å²) in [6.45, 7) is 1.62. The van der Waals surface area contributed by atoms with Gasteiger partial charge in [-0.3, -0.25) is 14.5 Å². The van der Waals surface area contributed by atoms with E-state index in [1.807, 2.05) is 22.7 Å². The highest BCUT2D eigenvalue weighted by Gasteiger charge is 2.24. The second kappa shape index (κ2) is 7.42. The Labute approximate surface area is 141 Å². The highest BCUT2D eigenvalue weighted by atomic mass is 16.2. The first-order chi connectivity index (χ1) is 11.6. The van der Waals surface area contributed by atoms with Gasteiger partial charge in [-0.15, -0.1) is 0 Å². The number of aromatic nitrogens is 4. The van der Waals surface area contributed by atoms with Gasteiger partial charge in [-0.1, -0.05) is 0 Å². The summed E-state index contributed by atoms with van der Waals surface area (Å²) in [5.41, 5.74) is 7.81. The summed E-state index contributed by atoms with van der Waals surface area (Å²) >= 11 is 0. The summed E-state index contributed by atoms with van der Waals surface area (Å²) < 4.78 is 1.82. The van der Waals surface area contributed by atoms with Crippen LogP contribution < -0.4 is 5.73 Å². The number of carbonyl (C=O) groups excluding carboxylic acids is 1. The zero-order valence-electron chi connectivity index (χ0n) is 14.1. The van der Waals surface area contributed by atoms with E-state index in [4.69, 9.17) is 5.73 Å². The number of hydrogen-bond acceptors (Lipinski definition) is 5. The fourth-order valence-corrected chi connectivity index (χ4v) is 3.31. The van der Waals surface area contributed by atoms with Crippen LogP contribution in [0, 0.1) is 5.92 Å². The summed E-state index contributed by atoms with van der Waals surface area (Å²) in [6, 6.07) is 1.96. The maximum Gasteiger partial charge on any atom is 0.222 e. The Morgan fingerprint density at radius 2 is 2.17 bits per heavy atom. The third-order valence-corrected chi connectivity index (χ3v) is 4.68. The van der Waals surface area contributed by atoms with Crippen molar-refractivity contribution in [3.8, 4) is 0 Å². The molecule has 7 heteroatoms. The predicted molar refractivity (Wildman–Crippen MR) is 91.0 cm³/mol. The number of nitrogens with zero attached hydrogens (tertiary/aromatic N) is 5. The molecule has 1 saturated heterocycles. The molecule has 0 unspecified atom stereocenters. The second-order valence-corrected chi connectivity index (χ2v) is 6.39. The monoisotopic (exact) mass is 328 g/mol. The molecule has 0 saturated carbocycles. The Morgan fingerprint density at radius 1 is 1.33 bits per heavy atom. The van der Waals surface area contributed by atoms with Crippen molar-refractivity contribution in [2.75, 3.05) is 18.8 Å². The highest BCUT2D eigenvalue weighted by Crippen LogP contribution is 2.22. The molecular weight excluding hydrogens is 304 g/mol. The van der Waals surface area contributed by atoms with Gasteiger partial charge in [0.15, 0.2) is 0 Å². The molecule has 2 aromatic rings. The van der Waals surface area contributed by atoms with E-state index >= 15 is 0 Å². The van der Waals surface area contributed by atoms with Crippen molar-refractivity contribution >= 4 is 11.7 Å². The average molecular weight is 328 g/mol. The number of nitrogens with two attached hydrogens (primary N) is 1. The van der Waals surface area contributed by atoms with Gasteiger partial charge in [-0.25, -0.2) is 4.98 Å². The minimum absolute atomic E-state index is 0.216. The van der Waals surface area contributed by atoms with Crippen LogP contribution in [0.3, 0.4) is 0 Å². The molecule has 0 aromatic carbocycles. The molecule has 0 bridgehead atoms. The lowest BCUT2D eigenvalue weighted by molar-refractivity contribution is -0.133. The van der Waals surface area contributed by atoms with E-state index in [1.165, 1.54) is 0 Å². The fraction of sp³-hybridized carbons (Fsp3) is 0.529. The van der Waals surface area contributed by atoms with Crippen molar-refractivity contribution in [2.24, 2.45) is 13.0 Å². The number of anilines is 1. The third-order valence-electron chi connectivity index (χ3n) is 4.68. The van der Waals surface area contributed by atoms with Crippen molar-refractivity contribution in [1.29, 1.82) is 0 Å². The Kier molecular flexibility index (Phi) is 5.08. The average Bonchev–Trinajstić information content (AvgIpc) is 3.00. The van der Waals surface area contributed by atoms with Gasteiger partial charge in [-0.2, -0.15) is 5.10 Å². The lowest BCUT2D eigenvalue weighted by Gasteiger charge is -2.33. The molecule has 1 fully saturated rings. The molecule has 1 aliphatic heterocycles. The van der Waals surface area contributed by atoms with Crippen LogP contribution in [0.25, 0.3) is 0 Å². The van der Waals surface area contributed by atoms with Crippen LogP contribution in [0.15, 0.2) is 24.7 Å². The molecule has 0 aliphatic carbocycles. The molecule has 0 radical (unpaired) electrons. The Morgan fingerprint density at radius 3 is 2.92 bits per heavy atom. The molecule has 1 amide bonds. The molecule has 0 spiro atoms. The van der Waals surface area contributed by atoms with Gasteiger partial charge in [0.05, 0.1) is 5.69 Å². The summed E-state index contributed by atoms with van der Waals surface area (Å²) in [5, 5.41) is 4.14. The molecule has 1 atom stereocenters. The third kappa shape index (κ3) is 3.90. The number of likely N-dealkylation sites (tertiary alicyclic amines) is 1. The first kappa shape index (κ1) is 16.4. The molecule has 7 nitrogen and oxygen atoms in total. The summed E-state index contributed by atoms with van der Waals surface area (Å²) in [7, 11) is 1.90. The summed E-state index contributed by atoms with van der Waals surface area (Å²) in [4.78, 5) is 22.9. The van der Waals surface area contributed by atoms with Crippen LogP contribution in [-0.4, -0.2) is 43.6 Å². The van der Waals surface area contributed by atoms with Gasteiger partial charge in [0, 0.05) is 50.8 Å². The van der Waals surface area contributed by atoms with E-state index in [2.05, 4.69) is 15.1 Å². The van der Waals surface area contributed by atoms with E-state index < -0.39 is 0 Å². The smallest absolute Gasteiger partial charge is 0.222 e. The first-order valence-corrected chi connectivity index (χ1v) is 8.43. The Balaban J connectivity index is 1.54. The molecule has 2 N–H and O–H groups in total. The molecule has 1 aliphatic rings. The fourth-order valence-electron chi connectivity index (χ4n) is 3.31. The minimum Gasteiger partial charge on any atom is -0.382 e. The number of nitrogen functional groups attached to an aromatic ring is 1. The van der Waals surface area contributed by atoms with E-state index in [0.717, 1.165) is 50.2 Å². The standard InChI is InChI=1S/C17H24N6O/c1-22-14(6-7-21-22)4-5-16(24)23-10-2-3-13(12-23)11-15-17(18)20-9-8-19-15/h6-9,13H,2-5,10-12H2,1H3,(H2,18,20)/t13-/m1/s1. The summed E-state index contributed by atoms with van der Waals surface area (Å²) in [5.74, 6) is 1.11. The van der Waals surface area contributed by atoms with Gasteiger partial charge in [0.2, 0.25) is 5.91 Å². The summed E-state index contributed by atoms with van der Waals surface area (Å²) in [6.07, 6.45) is 9.21. The largest absolute Gasteiger partial charge is 0.382 e.